The van der Waals surface area contributed by atoms with Gasteiger partial charge in [0.1, 0.15) is 6.61 Å². The van der Waals surface area contributed by atoms with E-state index >= 15 is 0 Å². The number of likely N-dealkylation sites (tertiary alicyclic amines) is 1. The van der Waals surface area contributed by atoms with Crippen LogP contribution in [0.15, 0.2) is 55.1 Å². The number of halogens is 1. The molecule has 2 aromatic carbocycles. The fourth-order valence-electron chi connectivity index (χ4n) is 7.82. The maximum atomic E-state index is 13.7. The predicted molar refractivity (Wildman–Crippen MR) is 150 cm³/mol. The van der Waals surface area contributed by atoms with E-state index in [1.165, 1.54) is 18.4 Å². The first kappa shape index (κ1) is 24.9. The van der Waals surface area contributed by atoms with Gasteiger partial charge in [-0.25, -0.2) is 0 Å². The first-order valence-electron chi connectivity index (χ1n) is 14.0. The molecule has 7 rings (SSSR count). The van der Waals surface area contributed by atoms with Crippen molar-refractivity contribution in [1.82, 2.24) is 10.2 Å². The molecule has 2 bridgehead atoms. The number of hydrogen-bond acceptors (Lipinski definition) is 5. The van der Waals surface area contributed by atoms with Gasteiger partial charge in [0.15, 0.2) is 23.4 Å². The number of nitrogens with zero attached hydrogens (tertiary/aromatic N) is 1. The number of carbonyl (C=O) groups excluding carboxylic acids is 2. The molecule has 0 radical (unpaired) electrons. The van der Waals surface area contributed by atoms with Gasteiger partial charge in [0.25, 0.3) is 0 Å². The van der Waals surface area contributed by atoms with Crippen molar-refractivity contribution in [3.63, 3.8) is 0 Å². The third-order valence-electron chi connectivity index (χ3n) is 9.60. The van der Waals surface area contributed by atoms with Gasteiger partial charge in [-0.2, -0.15) is 0 Å². The molecule has 4 atom stereocenters. The lowest BCUT2D eigenvalue weighted by atomic mass is 9.47. The minimum atomic E-state index is -0.625. The first-order chi connectivity index (χ1) is 18.9. The molecule has 39 heavy (non-hydrogen) atoms. The second-order valence-electron chi connectivity index (χ2n) is 11.7. The molecule has 1 spiro atoms. The van der Waals surface area contributed by atoms with Gasteiger partial charge in [0, 0.05) is 35.7 Å². The Morgan fingerprint density at radius 2 is 2.03 bits per heavy atom. The number of ketones is 1. The van der Waals surface area contributed by atoms with Crippen molar-refractivity contribution in [3.8, 4) is 11.5 Å². The summed E-state index contributed by atoms with van der Waals surface area (Å²) in [4.78, 5) is 29.8. The molecule has 2 heterocycles. The molecule has 1 saturated heterocycles. The van der Waals surface area contributed by atoms with E-state index in [9.17, 15) is 9.59 Å². The molecule has 3 aliphatic carbocycles. The number of benzene rings is 2. The molecule has 7 heteroatoms. The summed E-state index contributed by atoms with van der Waals surface area (Å²) in [6.07, 6.45) is 9.61. The van der Waals surface area contributed by atoms with Crippen molar-refractivity contribution < 1.29 is 19.1 Å². The molecule has 3 fully saturated rings. The first-order valence-corrected chi connectivity index (χ1v) is 14.4. The van der Waals surface area contributed by atoms with Crippen LogP contribution in [-0.2, 0) is 21.4 Å². The average molecular weight is 545 g/mol. The van der Waals surface area contributed by atoms with Crippen LogP contribution in [0.25, 0.3) is 6.08 Å². The maximum absolute atomic E-state index is 13.7. The third-order valence-corrected chi connectivity index (χ3v) is 9.85. The molecule has 202 valence electrons. The zero-order valence-electron chi connectivity index (χ0n) is 22.0. The number of ether oxygens (including phenoxy) is 2. The molecule has 2 aromatic rings. The molecule has 1 N–H and O–H groups in total. The molecule has 2 saturated carbocycles. The normalized spacial score (nSPS) is 30.5. The highest BCUT2D eigenvalue weighted by molar-refractivity contribution is 6.30. The van der Waals surface area contributed by atoms with E-state index in [1.54, 1.807) is 12.2 Å². The average Bonchev–Trinajstić information content (AvgIpc) is 3.68. The molecule has 6 nitrogen and oxygen atoms in total. The molecule has 0 aromatic heterocycles. The number of nitrogens with one attached hydrogen (secondary N) is 1. The summed E-state index contributed by atoms with van der Waals surface area (Å²) >= 11 is 6.04. The van der Waals surface area contributed by atoms with Crippen LogP contribution in [-0.4, -0.2) is 54.0 Å². The van der Waals surface area contributed by atoms with Crippen LogP contribution >= 0.6 is 11.6 Å². The Morgan fingerprint density at radius 1 is 1.21 bits per heavy atom. The molecule has 1 unspecified atom stereocenters. The second-order valence-corrected chi connectivity index (χ2v) is 12.2. The summed E-state index contributed by atoms with van der Waals surface area (Å²) in [7, 11) is 0. The van der Waals surface area contributed by atoms with Gasteiger partial charge in [-0.05, 0) is 80.0 Å². The topological polar surface area (TPSA) is 67.9 Å². The van der Waals surface area contributed by atoms with Crippen molar-refractivity contribution in [2.24, 2.45) is 5.92 Å². The summed E-state index contributed by atoms with van der Waals surface area (Å²) in [5, 5.41) is 4.20. The van der Waals surface area contributed by atoms with E-state index in [1.807, 2.05) is 36.4 Å². The number of Topliss-reactive ketones (excluding diaryl/α,β-unsaturated/α-hetero) is 1. The van der Waals surface area contributed by atoms with Gasteiger partial charge in [-0.1, -0.05) is 42.5 Å². The molecular weight excluding hydrogens is 512 g/mol. The second kappa shape index (κ2) is 9.24. The van der Waals surface area contributed by atoms with E-state index < -0.39 is 17.1 Å². The highest BCUT2D eigenvalue weighted by Crippen LogP contribution is 2.65. The highest BCUT2D eigenvalue weighted by atomic mass is 35.5. The fraction of sp³-hybridized carbons (Fsp3) is 0.438. The Labute approximate surface area is 234 Å². The number of hydrogen-bond donors (Lipinski definition) is 1. The lowest BCUT2D eigenvalue weighted by Crippen LogP contribution is -2.81. The van der Waals surface area contributed by atoms with Crippen molar-refractivity contribution in [2.45, 2.75) is 61.6 Å². The lowest BCUT2D eigenvalue weighted by molar-refractivity contribution is -0.148. The van der Waals surface area contributed by atoms with Gasteiger partial charge in [-0.15, -0.1) is 0 Å². The number of rotatable bonds is 8. The van der Waals surface area contributed by atoms with Crippen LogP contribution in [0.1, 0.15) is 48.8 Å². The number of amides is 1. The summed E-state index contributed by atoms with van der Waals surface area (Å²) in [6, 6.07) is 11.6. The molecule has 5 aliphatic rings. The van der Waals surface area contributed by atoms with Crippen LogP contribution in [0.5, 0.6) is 11.5 Å². The predicted octanol–water partition coefficient (Wildman–Crippen LogP) is 4.88. The van der Waals surface area contributed by atoms with E-state index in [0.29, 0.717) is 36.0 Å². The van der Waals surface area contributed by atoms with Crippen LogP contribution in [0.2, 0.25) is 5.02 Å². The van der Waals surface area contributed by atoms with Gasteiger partial charge in [-0.3, -0.25) is 14.5 Å². The van der Waals surface area contributed by atoms with E-state index in [0.717, 1.165) is 43.0 Å². The zero-order chi connectivity index (χ0) is 26.8. The van der Waals surface area contributed by atoms with Gasteiger partial charge in [0.05, 0.1) is 11.0 Å². The molecule has 2 aliphatic heterocycles. The maximum Gasteiger partial charge on any atom is 0.244 e. The standard InChI is InChI=1S/C32H33ClN2O4/c1-2-17-38-25-11-8-22-18-26-32(34-27(37)12-7-20-5-9-23(33)10-6-20)14-13-24(36)30-31(32,28(22)29(25)39-30)15-16-35(26)19-21-3-4-21/h2,5-12,21,26,30H,1,3-4,13-19H2,(H,34,37)/b12-7+/t26?,30-,31-,32+/m0/s1. The molecule has 1 amide bonds. The fourth-order valence-corrected chi connectivity index (χ4v) is 7.95. The summed E-state index contributed by atoms with van der Waals surface area (Å²) in [6.45, 7) is 6.07. The summed E-state index contributed by atoms with van der Waals surface area (Å²) in [5.41, 5.74) is 1.96. The minimum absolute atomic E-state index is 0.0947. The molecular formula is C32H33ClN2O4. The van der Waals surface area contributed by atoms with Crippen LogP contribution in [0.4, 0.5) is 0 Å². The summed E-state index contributed by atoms with van der Waals surface area (Å²) < 4.78 is 12.6. The van der Waals surface area contributed by atoms with E-state index in [4.69, 9.17) is 21.1 Å². The van der Waals surface area contributed by atoms with Crippen LogP contribution < -0.4 is 14.8 Å². The largest absolute Gasteiger partial charge is 0.486 e. The van der Waals surface area contributed by atoms with Crippen molar-refractivity contribution in [3.05, 3.63) is 76.8 Å². The van der Waals surface area contributed by atoms with Crippen molar-refractivity contribution >= 4 is 29.4 Å². The Kier molecular flexibility index (Phi) is 5.90. The van der Waals surface area contributed by atoms with Crippen molar-refractivity contribution in [1.29, 1.82) is 0 Å². The Bertz CT molecular complexity index is 1380. The lowest BCUT2D eigenvalue weighted by Gasteiger charge is -2.65. The van der Waals surface area contributed by atoms with Crippen LogP contribution in [0.3, 0.4) is 0 Å². The number of carbonyl (C=O) groups is 2. The Morgan fingerprint density at radius 3 is 2.79 bits per heavy atom. The summed E-state index contributed by atoms with van der Waals surface area (Å²) in [5.74, 6) is 2.02. The van der Waals surface area contributed by atoms with Gasteiger partial charge in [0.2, 0.25) is 5.91 Å². The van der Waals surface area contributed by atoms with Crippen molar-refractivity contribution in [2.75, 3.05) is 19.7 Å². The van der Waals surface area contributed by atoms with E-state index in [2.05, 4.69) is 22.9 Å². The zero-order valence-corrected chi connectivity index (χ0v) is 22.7. The SMILES string of the molecule is C=CCOc1ccc2c3c1O[C@H]1C(=O)CC[C@@]4(NC(=O)/C=C/c5ccc(Cl)cc5)C(C2)N(CC2CC2)CC[C@]314. The van der Waals surface area contributed by atoms with Gasteiger partial charge < -0.3 is 14.8 Å². The van der Waals surface area contributed by atoms with Crippen LogP contribution in [0, 0.1) is 5.92 Å². The Balaban J connectivity index is 1.33. The Hall–Kier alpha value is -3.09. The quantitative estimate of drug-likeness (QED) is 0.379. The smallest absolute Gasteiger partial charge is 0.244 e. The highest BCUT2D eigenvalue weighted by Gasteiger charge is 2.73. The minimum Gasteiger partial charge on any atom is -0.486 e. The number of piperidine rings is 1. The van der Waals surface area contributed by atoms with E-state index in [-0.39, 0.29) is 17.7 Å². The third kappa shape index (κ3) is 3.79. The van der Waals surface area contributed by atoms with Gasteiger partial charge >= 0.3 is 0 Å². The monoisotopic (exact) mass is 544 g/mol.